The van der Waals surface area contributed by atoms with Gasteiger partial charge in [-0.3, -0.25) is 9.59 Å². The van der Waals surface area contributed by atoms with E-state index in [1.54, 1.807) is 0 Å². The van der Waals surface area contributed by atoms with E-state index < -0.39 is 40.7 Å². The van der Waals surface area contributed by atoms with Crippen molar-refractivity contribution in [2.75, 3.05) is 11.5 Å². The lowest BCUT2D eigenvalue weighted by molar-refractivity contribution is -0.137. The van der Waals surface area contributed by atoms with E-state index in [4.69, 9.17) is 4.74 Å². The fourth-order valence-corrected chi connectivity index (χ4v) is 5.50. The van der Waals surface area contributed by atoms with Crippen LogP contribution in [0.15, 0.2) is 30.5 Å². The van der Waals surface area contributed by atoms with E-state index in [1.807, 2.05) is 11.8 Å². The zero-order valence-corrected chi connectivity index (χ0v) is 20.6. The highest BCUT2D eigenvalue weighted by Crippen LogP contribution is 2.32. The molecular formula is C25H27F4N3O4S. The number of nitrogens with zero attached hydrogens (tertiary/aromatic N) is 1. The van der Waals surface area contributed by atoms with Crippen LogP contribution in [0, 0.1) is 5.82 Å². The number of ether oxygens (including phenoxy) is 1. The summed E-state index contributed by atoms with van der Waals surface area (Å²) in [7, 11) is 0. The Bertz CT molecular complexity index is 1130. The Kier molecular flexibility index (Phi) is 8.46. The number of halogens is 4. The van der Waals surface area contributed by atoms with Gasteiger partial charge in [0.05, 0.1) is 17.3 Å². The number of carbonyl (C=O) groups excluding carboxylic acids is 2. The summed E-state index contributed by atoms with van der Waals surface area (Å²) in [6.45, 7) is 0. The van der Waals surface area contributed by atoms with E-state index in [0.717, 1.165) is 42.7 Å². The third-order valence-corrected chi connectivity index (χ3v) is 7.52. The molecule has 2 aromatic rings. The minimum atomic E-state index is -4.64. The van der Waals surface area contributed by atoms with Crippen LogP contribution in [0.5, 0.6) is 11.6 Å². The molecule has 0 atom stereocenters. The van der Waals surface area contributed by atoms with Crippen molar-refractivity contribution in [1.82, 2.24) is 15.6 Å². The fraction of sp³-hybridized carbons (Fsp3) is 0.480. The molecule has 1 aliphatic heterocycles. The van der Waals surface area contributed by atoms with Gasteiger partial charge in [0.2, 0.25) is 5.88 Å². The number of aromatic hydroxyl groups is 1. The van der Waals surface area contributed by atoms with Crippen molar-refractivity contribution < 1.29 is 37.0 Å². The number of phenols is 1. The van der Waals surface area contributed by atoms with E-state index in [-0.39, 0.29) is 29.6 Å². The SMILES string of the molecule is O=C(NC1CCC(NC(=O)c2cc(F)cnc2OC2CCSCC2)CC1)c1cc(C(F)(F)F)ccc1O. The molecule has 0 spiro atoms. The number of hydrogen-bond acceptors (Lipinski definition) is 6. The van der Waals surface area contributed by atoms with Gasteiger partial charge in [0.25, 0.3) is 11.8 Å². The molecule has 1 saturated heterocycles. The molecule has 2 amide bonds. The molecule has 0 bridgehead atoms. The van der Waals surface area contributed by atoms with Gasteiger partial charge >= 0.3 is 6.18 Å². The minimum Gasteiger partial charge on any atom is -0.507 e. The molecule has 1 aromatic heterocycles. The first kappa shape index (κ1) is 27.0. The summed E-state index contributed by atoms with van der Waals surface area (Å²) in [4.78, 5) is 29.4. The molecule has 2 aliphatic rings. The second-order valence-corrected chi connectivity index (χ2v) is 10.4. The average Bonchev–Trinajstić information content (AvgIpc) is 2.86. The number of thioether (sulfide) groups is 1. The van der Waals surface area contributed by atoms with Crippen molar-refractivity contribution in [1.29, 1.82) is 0 Å². The molecule has 4 rings (SSSR count). The van der Waals surface area contributed by atoms with Crippen LogP contribution < -0.4 is 15.4 Å². The van der Waals surface area contributed by atoms with E-state index in [1.165, 1.54) is 0 Å². The first-order valence-corrected chi connectivity index (χ1v) is 13.2. The smallest absolute Gasteiger partial charge is 0.416 e. The number of pyridine rings is 1. The highest BCUT2D eigenvalue weighted by Gasteiger charge is 2.32. The summed E-state index contributed by atoms with van der Waals surface area (Å²) >= 11 is 1.83. The van der Waals surface area contributed by atoms with Gasteiger partial charge in [0.1, 0.15) is 23.2 Å². The second-order valence-electron chi connectivity index (χ2n) is 9.16. The molecule has 3 N–H and O–H groups in total. The van der Waals surface area contributed by atoms with E-state index >= 15 is 0 Å². The normalized spacial score (nSPS) is 20.8. The molecule has 37 heavy (non-hydrogen) atoms. The van der Waals surface area contributed by atoms with E-state index in [0.29, 0.717) is 37.8 Å². The standard InChI is InChI=1S/C25H27F4N3O4S/c26-15-12-20(24(30-13-15)36-18-7-9-37-10-8-18)23(35)32-17-4-2-16(3-5-17)31-22(34)19-11-14(25(27,28)29)1-6-21(19)33/h1,6,11-13,16-18,33H,2-5,7-10H2,(H,31,34)(H,32,35). The van der Waals surface area contributed by atoms with Gasteiger partial charge in [-0.25, -0.2) is 9.37 Å². The number of aromatic nitrogens is 1. The van der Waals surface area contributed by atoms with Crippen LogP contribution in [0.3, 0.4) is 0 Å². The maximum Gasteiger partial charge on any atom is 0.416 e. The Morgan fingerprint density at radius 3 is 2.14 bits per heavy atom. The topological polar surface area (TPSA) is 101 Å². The largest absolute Gasteiger partial charge is 0.507 e. The fourth-order valence-electron chi connectivity index (χ4n) is 4.44. The van der Waals surface area contributed by atoms with Crippen molar-refractivity contribution in [3.63, 3.8) is 0 Å². The lowest BCUT2D eigenvalue weighted by Crippen LogP contribution is -2.44. The van der Waals surface area contributed by atoms with Crippen LogP contribution in [0.1, 0.15) is 64.8 Å². The molecule has 1 aromatic carbocycles. The van der Waals surface area contributed by atoms with Crippen LogP contribution in [-0.4, -0.2) is 51.6 Å². The molecule has 2 heterocycles. The summed E-state index contributed by atoms with van der Waals surface area (Å²) in [6, 6.07) is 2.69. The maximum absolute atomic E-state index is 13.9. The van der Waals surface area contributed by atoms with Crippen molar-refractivity contribution in [2.45, 2.75) is 62.9 Å². The highest BCUT2D eigenvalue weighted by molar-refractivity contribution is 7.99. The lowest BCUT2D eigenvalue weighted by atomic mass is 9.90. The predicted octanol–water partition coefficient (Wildman–Crippen LogP) is 4.69. The Morgan fingerprint density at radius 2 is 1.54 bits per heavy atom. The van der Waals surface area contributed by atoms with Crippen LogP contribution in [0.2, 0.25) is 0 Å². The average molecular weight is 542 g/mol. The van der Waals surface area contributed by atoms with Crippen LogP contribution in [0.25, 0.3) is 0 Å². The van der Waals surface area contributed by atoms with Crippen LogP contribution in [0.4, 0.5) is 17.6 Å². The predicted molar refractivity (Wildman–Crippen MR) is 129 cm³/mol. The Hall–Kier alpha value is -3.02. The maximum atomic E-state index is 13.9. The summed E-state index contributed by atoms with van der Waals surface area (Å²) in [5.74, 6) is -0.515. The van der Waals surface area contributed by atoms with Crippen LogP contribution in [-0.2, 0) is 6.18 Å². The highest BCUT2D eigenvalue weighted by atomic mass is 32.2. The first-order valence-electron chi connectivity index (χ1n) is 12.0. The molecule has 1 saturated carbocycles. The third kappa shape index (κ3) is 7.06. The Labute approximate surface area is 215 Å². The quantitative estimate of drug-likeness (QED) is 0.459. The summed E-state index contributed by atoms with van der Waals surface area (Å²) in [6.07, 6.45) is -0.176. The van der Waals surface area contributed by atoms with Gasteiger partial charge in [0, 0.05) is 12.1 Å². The number of amides is 2. The minimum absolute atomic E-state index is 0.0219. The van der Waals surface area contributed by atoms with Crippen molar-refractivity contribution in [3.8, 4) is 11.6 Å². The molecular weight excluding hydrogens is 514 g/mol. The van der Waals surface area contributed by atoms with Crippen molar-refractivity contribution in [2.24, 2.45) is 0 Å². The first-order chi connectivity index (χ1) is 17.6. The van der Waals surface area contributed by atoms with Crippen molar-refractivity contribution in [3.05, 3.63) is 53.0 Å². The van der Waals surface area contributed by atoms with Gasteiger partial charge in [-0.2, -0.15) is 24.9 Å². The van der Waals surface area contributed by atoms with E-state index in [2.05, 4.69) is 15.6 Å². The number of alkyl halides is 3. The van der Waals surface area contributed by atoms with Crippen LogP contribution >= 0.6 is 11.8 Å². The molecule has 2 fully saturated rings. The van der Waals surface area contributed by atoms with Gasteiger partial charge in [-0.1, -0.05) is 0 Å². The van der Waals surface area contributed by atoms with Gasteiger partial charge in [-0.15, -0.1) is 0 Å². The number of hydrogen-bond donors (Lipinski definition) is 3. The third-order valence-electron chi connectivity index (χ3n) is 6.48. The Balaban J connectivity index is 1.32. The van der Waals surface area contributed by atoms with Crippen molar-refractivity contribution >= 4 is 23.6 Å². The molecule has 200 valence electrons. The summed E-state index contributed by atoms with van der Waals surface area (Å²) in [5, 5.41) is 15.4. The number of carbonyl (C=O) groups is 2. The summed E-state index contributed by atoms with van der Waals surface area (Å²) < 4.78 is 58.7. The number of nitrogens with one attached hydrogen (secondary N) is 2. The lowest BCUT2D eigenvalue weighted by Gasteiger charge is -2.30. The zero-order chi connectivity index (χ0) is 26.6. The molecule has 0 unspecified atom stereocenters. The second kappa shape index (κ2) is 11.6. The molecule has 0 radical (unpaired) electrons. The number of rotatable bonds is 6. The zero-order valence-electron chi connectivity index (χ0n) is 19.8. The monoisotopic (exact) mass is 541 g/mol. The molecule has 1 aliphatic carbocycles. The van der Waals surface area contributed by atoms with Gasteiger partial charge in [-0.05, 0) is 74.3 Å². The van der Waals surface area contributed by atoms with Gasteiger partial charge < -0.3 is 20.5 Å². The summed E-state index contributed by atoms with van der Waals surface area (Å²) in [5.41, 5.74) is -1.46. The Morgan fingerprint density at radius 1 is 0.946 bits per heavy atom. The number of phenolic OH excluding ortho intramolecular Hbond substituents is 1. The molecule has 7 nitrogen and oxygen atoms in total. The van der Waals surface area contributed by atoms with E-state index in [9.17, 15) is 32.3 Å². The number of benzene rings is 1. The molecule has 12 heteroatoms. The van der Waals surface area contributed by atoms with Gasteiger partial charge in [0.15, 0.2) is 0 Å².